The van der Waals surface area contributed by atoms with Gasteiger partial charge in [-0.1, -0.05) is 6.07 Å². The second-order valence-electron chi connectivity index (χ2n) is 6.52. The summed E-state index contributed by atoms with van der Waals surface area (Å²) in [5.41, 5.74) is 1.83. The molecule has 8 heteroatoms. The molecule has 0 radical (unpaired) electrons. The van der Waals surface area contributed by atoms with Gasteiger partial charge in [0.1, 0.15) is 0 Å². The van der Waals surface area contributed by atoms with Crippen LogP contribution in [0.2, 0.25) is 0 Å². The van der Waals surface area contributed by atoms with E-state index in [1.165, 1.54) is 32.2 Å². The van der Waals surface area contributed by atoms with Gasteiger partial charge in [0, 0.05) is 11.8 Å². The van der Waals surface area contributed by atoms with E-state index in [4.69, 9.17) is 14.2 Å². The van der Waals surface area contributed by atoms with Crippen molar-refractivity contribution < 1.29 is 33.0 Å². The highest BCUT2D eigenvalue weighted by Crippen LogP contribution is 2.21. The van der Waals surface area contributed by atoms with E-state index in [1.807, 2.05) is 0 Å². The number of ether oxygens (including phenoxy) is 3. The fourth-order valence-electron chi connectivity index (χ4n) is 2.93. The number of Topliss-reactive ketones (excluding diaryl/α,β-unsaturated/α-hetero) is 1. The van der Waals surface area contributed by atoms with Crippen molar-refractivity contribution in [1.29, 1.82) is 0 Å². The van der Waals surface area contributed by atoms with E-state index in [9.17, 15) is 18.8 Å². The minimum atomic E-state index is -1.10. The minimum Gasteiger partial charge on any atom is -0.494 e. The van der Waals surface area contributed by atoms with Gasteiger partial charge in [0.25, 0.3) is 0 Å². The van der Waals surface area contributed by atoms with Crippen LogP contribution in [0, 0.1) is 19.7 Å². The Morgan fingerprint density at radius 1 is 1.23 bits per heavy atom. The van der Waals surface area contributed by atoms with Crippen LogP contribution in [0.4, 0.5) is 4.39 Å². The molecule has 160 valence electrons. The predicted molar refractivity (Wildman–Crippen MR) is 108 cm³/mol. The Labute approximate surface area is 173 Å². The van der Waals surface area contributed by atoms with Gasteiger partial charge in [-0.05, 0) is 57.0 Å². The normalized spacial score (nSPS) is 11.9. The number of halogens is 1. The number of hydrogen-bond donors (Lipinski definition) is 1. The molecule has 0 bridgehead atoms. The summed E-state index contributed by atoms with van der Waals surface area (Å²) in [6.45, 7) is 6.61. The summed E-state index contributed by atoms with van der Waals surface area (Å²) >= 11 is 0. The van der Waals surface area contributed by atoms with E-state index in [0.717, 1.165) is 6.08 Å². The monoisotopic (exact) mass is 417 g/mol. The van der Waals surface area contributed by atoms with E-state index in [1.54, 1.807) is 26.8 Å². The zero-order chi connectivity index (χ0) is 22.4. The van der Waals surface area contributed by atoms with Gasteiger partial charge in [-0.3, -0.25) is 4.79 Å². The molecule has 1 atom stereocenters. The lowest BCUT2D eigenvalue weighted by molar-refractivity contribution is -0.140. The SMILES string of the molecule is CCOC(=O)c1c(C)[nH]c(C(=O)[C@H](C)OC(=O)/C=C/c2ccc(OC)c(F)c2)c1C. The molecule has 2 rings (SSSR count). The third kappa shape index (κ3) is 5.14. The fourth-order valence-corrected chi connectivity index (χ4v) is 2.93. The van der Waals surface area contributed by atoms with Crippen LogP contribution in [0.1, 0.15) is 51.5 Å². The molecule has 0 unspecified atom stereocenters. The standard InChI is InChI=1S/C22H24FNO6/c1-6-29-22(27)19-12(2)20(24-13(19)3)21(26)14(4)30-18(25)10-8-15-7-9-17(28-5)16(23)11-15/h7-11,14,24H,6H2,1-5H3/b10-8+/t14-/m0/s1. The summed E-state index contributed by atoms with van der Waals surface area (Å²) in [5.74, 6) is -2.25. The Morgan fingerprint density at radius 3 is 2.53 bits per heavy atom. The van der Waals surface area contributed by atoms with Crippen LogP contribution in [0.25, 0.3) is 6.08 Å². The van der Waals surface area contributed by atoms with Gasteiger partial charge in [-0.25, -0.2) is 14.0 Å². The molecule has 1 aromatic carbocycles. The largest absolute Gasteiger partial charge is 0.494 e. The fraction of sp³-hybridized carbons (Fsp3) is 0.318. The van der Waals surface area contributed by atoms with Crippen LogP contribution in [0.5, 0.6) is 5.75 Å². The number of benzene rings is 1. The number of nitrogens with one attached hydrogen (secondary N) is 1. The van der Waals surface area contributed by atoms with Crippen molar-refractivity contribution in [1.82, 2.24) is 4.98 Å². The summed E-state index contributed by atoms with van der Waals surface area (Å²) < 4.78 is 28.7. The molecule has 30 heavy (non-hydrogen) atoms. The third-order valence-electron chi connectivity index (χ3n) is 4.41. The molecule has 0 saturated carbocycles. The predicted octanol–water partition coefficient (Wildman–Crippen LogP) is 3.78. The van der Waals surface area contributed by atoms with Crippen molar-refractivity contribution in [2.75, 3.05) is 13.7 Å². The Kier molecular flexibility index (Phi) is 7.52. The first kappa shape index (κ1) is 22.9. The number of aromatic amines is 1. The summed E-state index contributed by atoms with van der Waals surface area (Å²) in [4.78, 5) is 39.7. The van der Waals surface area contributed by atoms with Gasteiger partial charge >= 0.3 is 11.9 Å². The zero-order valence-electron chi connectivity index (χ0n) is 17.5. The van der Waals surface area contributed by atoms with Crippen LogP contribution < -0.4 is 4.74 Å². The average molecular weight is 417 g/mol. The number of hydrogen-bond acceptors (Lipinski definition) is 6. The Hall–Kier alpha value is -3.42. The highest BCUT2D eigenvalue weighted by Gasteiger charge is 2.27. The number of carbonyl (C=O) groups is 3. The lowest BCUT2D eigenvalue weighted by atomic mass is 10.1. The van der Waals surface area contributed by atoms with E-state index >= 15 is 0 Å². The number of H-pyrrole nitrogens is 1. The molecule has 0 spiro atoms. The van der Waals surface area contributed by atoms with Crippen molar-refractivity contribution in [2.45, 2.75) is 33.8 Å². The van der Waals surface area contributed by atoms with Gasteiger partial charge in [0.15, 0.2) is 17.7 Å². The average Bonchev–Trinajstić information content (AvgIpc) is 3.00. The quantitative estimate of drug-likeness (QED) is 0.399. The van der Waals surface area contributed by atoms with Crippen LogP contribution in [0.15, 0.2) is 24.3 Å². The first-order valence-corrected chi connectivity index (χ1v) is 9.32. The Balaban J connectivity index is 2.08. The molecule has 1 heterocycles. The van der Waals surface area contributed by atoms with E-state index < -0.39 is 29.6 Å². The summed E-state index contributed by atoms with van der Waals surface area (Å²) in [7, 11) is 1.35. The van der Waals surface area contributed by atoms with Gasteiger partial charge in [-0.2, -0.15) is 0 Å². The molecule has 0 saturated heterocycles. The van der Waals surface area contributed by atoms with Crippen molar-refractivity contribution in [3.05, 3.63) is 58.2 Å². The number of ketones is 1. The number of rotatable bonds is 8. The Bertz CT molecular complexity index is 992. The first-order chi connectivity index (χ1) is 14.2. The number of esters is 2. The summed E-state index contributed by atoms with van der Waals surface area (Å²) in [6.07, 6.45) is 1.37. The molecule has 0 amide bonds. The molecule has 0 aliphatic rings. The number of aryl methyl sites for hydroxylation is 1. The zero-order valence-corrected chi connectivity index (χ0v) is 17.5. The van der Waals surface area contributed by atoms with Crippen molar-refractivity contribution in [3.63, 3.8) is 0 Å². The maximum atomic E-state index is 13.7. The van der Waals surface area contributed by atoms with Gasteiger partial charge in [-0.15, -0.1) is 0 Å². The highest BCUT2D eigenvalue weighted by atomic mass is 19.1. The number of aromatic nitrogens is 1. The lowest BCUT2D eigenvalue weighted by Gasteiger charge is -2.10. The topological polar surface area (TPSA) is 94.7 Å². The molecular weight excluding hydrogens is 393 g/mol. The molecule has 0 aliphatic carbocycles. The molecule has 7 nitrogen and oxygen atoms in total. The second-order valence-corrected chi connectivity index (χ2v) is 6.52. The van der Waals surface area contributed by atoms with Crippen LogP contribution in [-0.4, -0.2) is 42.5 Å². The molecule has 0 aliphatic heterocycles. The molecule has 0 fully saturated rings. The second kappa shape index (κ2) is 9.87. The van der Waals surface area contributed by atoms with Crippen LogP contribution >= 0.6 is 0 Å². The minimum absolute atomic E-state index is 0.0905. The number of methoxy groups -OCH3 is 1. The van der Waals surface area contributed by atoms with Gasteiger partial charge in [0.05, 0.1) is 25.0 Å². The molecule has 1 N–H and O–H groups in total. The van der Waals surface area contributed by atoms with Crippen molar-refractivity contribution >= 4 is 23.8 Å². The summed E-state index contributed by atoms with van der Waals surface area (Å²) in [6, 6.07) is 4.21. The smallest absolute Gasteiger partial charge is 0.340 e. The van der Waals surface area contributed by atoms with Gasteiger partial charge in [0.2, 0.25) is 5.78 Å². The number of carbonyl (C=O) groups excluding carboxylic acids is 3. The summed E-state index contributed by atoms with van der Waals surface area (Å²) in [5, 5.41) is 0. The van der Waals surface area contributed by atoms with E-state index in [2.05, 4.69) is 4.98 Å². The van der Waals surface area contributed by atoms with Gasteiger partial charge < -0.3 is 19.2 Å². The first-order valence-electron chi connectivity index (χ1n) is 9.32. The third-order valence-corrected chi connectivity index (χ3v) is 4.41. The molecule has 1 aromatic heterocycles. The molecular formula is C22H24FNO6. The lowest BCUT2D eigenvalue weighted by Crippen LogP contribution is -2.24. The van der Waals surface area contributed by atoms with Crippen LogP contribution in [-0.2, 0) is 14.3 Å². The van der Waals surface area contributed by atoms with Crippen molar-refractivity contribution in [3.8, 4) is 5.75 Å². The van der Waals surface area contributed by atoms with E-state index in [-0.39, 0.29) is 18.1 Å². The highest BCUT2D eigenvalue weighted by molar-refractivity contribution is 6.04. The Morgan fingerprint density at radius 2 is 1.93 bits per heavy atom. The van der Waals surface area contributed by atoms with E-state index in [0.29, 0.717) is 22.4 Å². The maximum Gasteiger partial charge on any atom is 0.340 e. The van der Waals surface area contributed by atoms with Crippen molar-refractivity contribution in [2.24, 2.45) is 0 Å². The van der Waals surface area contributed by atoms with Crippen LogP contribution in [0.3, 0.4) is 0 Å². The maximum absolute atomic E-state index is 13.7. The molecule has 2 aromatic rings.